The minimum absolute atomic E-state index is 0.0533. The number of para-hydroxylation sites is 1. The number of benzene rings is 1. The fourth-order valence-corrected chi connectivity index (χ4v) is 2.01. The topological polar surface area (TPSA) is 56.3 Å². The summed E-state index contributed by atoms with van der Waals surface area (Å²) < 4.78 is 10.8. The van der Waals surface area contributed by atoms with Gasteiger partial charge in [-0.3, -0.25) is 9.97 Å². The molecule has 1 unspecified atom stereocenters. The quantitative estimate of drug-likeness (QED) is 0.780. The number of nitrogens with zero attached hydrogens (tertiary/aromatic N) is 2. The van der Waals surface area contributed by atoms with Crippen LogP contribution >= 0.6 is 0 Å². The molecule has 2 rings (SSSR count). The van der Waals surface area contributed by atoms with Crippen LogP contribution in [0.1, 0.15) is 17.3 Å². The molecule has 1 heterocycles. The maximum absolute atomic E-state index is 5.77. The normalized spacial score (nSPS) is 12.1. The summed E-state index contributed by atoms with van der Waals surface area (Å²) in [5, 5.41) is 3.25. The second kappa shape index (κ2) is 7.57. The van der Waals surface area contributed by atoms with Gasteiger partial charge in [0.25, 0.3) is 0 Å². The Morgan fingerprint density at radius 1 is 1.20 bits per heavy atom. The SMILES string of the molecule is CNC(c1cnccn1)c1ccccc1OCCOC. The van der Waals surface area contributed by atoms with E-state index in [0.717, 1.165) is 17.0 Å². The first-order valence-electron chi connectivity index (χ1n) is 6.50. The van der Waals surface area contributed by atoms with Crippen LogP contribution in [0.25, 0.3) is 0 Å². The number of hydrogen-bond acceptors (Lipinski definition) is 5. The number of aromatic nitrogens is 2. The summed E-state index contributed by atoms with van der Waals surface area (Å²) in [7, 11) is 3.55. The third-order valence-electron chi connectivity index (χ3n) is 2.94. The van der Waals surface area contributed by atoms with Crippen LogP contribution in [0.2, 0.25) is 0 Å². The van der Waals surface area contributed by atoms with Gasteiger partial charge in [0, 0.05) is 25.1 Å². The van der Waals surface area contributed by atoms with Gasteiger partial charge in [-0.1, -0.05) is 18.2 Å². The van der Waals surface area contributed by atoms with Crippen LogP contribution in [-0.2, 0) is 4.74 Å². The van der Waals surface area contributed by atoms with E-state index in [-0.39, 0.29) is 6.04 Å². The van der Waals surface area contributed by atoms with Crippen molar-refractivity contribution in [2.45, 2.75) is 6.04 Å². The first-order chi connectivity index (χ1) is 9.86. The van der Waals surface area contributed by atoms with Crippen molar-refractivity contribution in [3.63, 3.8) is 0 Å². The van der Waals surface area contributed by atoms with Crippen molar-refractivity contribution in [1.82, 2.24) is 15.3 Å². The largest absolute Gasteiger partial charge is 0.491 e. The third kappa shape index (κ3) is 3.53. The summed E-state index contributed by atoms with van der Waals surface area (Å²) in [5.74, 6) is 0.828. The third-order valence-corrected chi connectivity index (χ3v) is 2.94. The minimum atomic E-state index is -0.0533. The lowest BCUT2D eigenvalue weighted by Gasteiger charge is -2.19. The number of hydrogen-bond donors (Lipinski definition) is 1. The molecule has 0 radical (unpaired) electrons. The van der Waals surface area contributed by atoms with Gasteiger partial charge in [0.15, 0.2) is 0 Å². The highest BCUT2D eigenvalue weighted by molar-refractivity contribution is 5.39. The molecule has 0 amide bonds. The van der Waals surface area contributed by atoms with Crippen LogP contribution in [0.15, 0.2) is 42.9 Å². The van der Waals surface area contributed by atoms with Gasteiger partial charge in [0.05, 0.1) is 24.5 Å². The standard InChI is InChI=1S/C15H19N3O2/c1-16-15(13-11-17-7-8-18-13)12-5-3-4-6-14(12)20-10-9-19-2/h3-8,11,15-16H,9-10H2,1-2H3. The lowest BCUT2D eigenvalue weighted by Crippen LogP contribution is -2.20. The highest BCUT2D eigenvalue weighted by Gasteiger charge is 2.17. The van der Waals surface area contributed by atoms with E-state index in [9.17, 15) is 0 Å². The Bertz CT molecular complexity index is 520. The molecule has 5 nitrogen and oxygen atoms in total. The summed E-state index contributed by atoms with van der Waals surface area (Å²) in [6, 6.07) is 7.86. The first-order valence-corrected chi connectivity index (χ1v) is 6.50. The van der Waals surface area contributed by atoms with E-state index in [2.05, 4.69) is 15.3 Å². The van der Waals surface area contributed by atoms with Crippen LogP contribution in [0.5, 0.6) is 5.75 Å². The van der Waals surface area contributed by atoms with Crippen LogP contribution in [-0.4, -0.2) is 37.3 Å². The first kappa shape index (κ1) is 14.4. The van der Waals surface area contributed by atoms with Crippen molar-refractivity contribution >= 4 is 0 Å². The minimum Gasteiger partial charge on any atom is -0.491 e. The molecule has 1 N–H and O–H groups in total. The van der Waals surface area contributed by atoms with Gasteiger partial charge in [-0.2, -0.15) is 0 Å². The molecule has 0 bridgehead atoms. The van der Waals surface area contributed by atoms with Gasteiger partial charge in [-0.15, -0.1) is 0 Å². The van der Waals surface area contributed by atoms with E-state index in [1.807, 2.05) is 31.3 Å². The Balaban J connectivity index is 2.25. The molecular formula is C15H19N3O2. The molecule has 0 fully saturated rings. The molecule has 2 aromatic rings. The van der Waals surface area contributed by atoms with Crippen molar-refractivity contribution in [3.05, 3.63) is 54.1 Å². The van der Waals surface area contributed by atoms with Crippen molar-refractivity contribution < 1.29 is 9.47 Å². The van der Waals surface area contributed by atoms with Crippen molar-refractivity contribution in [2.75, 3.05) is 27.4 Å². The maximum Gasteiger partial charge on any atom is 0.124 e. The average molecular weight is 273 g/mol. The Labute approximate surface area is 119 Å². The fourth-order valence-electron chi connectivity index (χ4n) is 2.01. The Kier molecular flexibility index (Phi) is 5.46. The van der Waals surface area contributed by atoms with Gasteiger partial charge >= 0.3 is 0 Å². The number of methoxy groups -OCH3 is 1. The molecule has 1 atom stereocenters. The lowest BCUT2D eigenvalue weighted by molar-refractivity contribution is 0.145. The van der Waals surface area contributed by atoms with E-state index in [4.69, 9.17) is 9.47 Å². The summed E-state index contributed by atoms with van der Waals surface area (Å²) in [4.78, 5) is 8.48. The van der Waals surface area contributed by atoms with Crippen LogP contribution in [0.4, 0.5) is 0 Å². The van der Waals surface area contributed by atoms with Gasteiger partial charge in [-0.25, -0.2) is 0 Å². The second-order valence-corrected chi connectivity index (χ2v) is 4.23. The maximum atomic E-state index is 5.77. The summed E-state index contributed by atoms with van der Waals surface area (Å²) in [6.45, 7) is 1.08. The number of nitrogens with one attached hydrogen (secondary N) is 1. The van der Waals surface area contributed by atoms with Gasteiger partial charge in [0.2, 0.25) is 0 Å². The molecule has 0 saturated carbocycles. The zero-order valence-electron chi connectivity index (χ0n) is 11.7. The Morgan fingerprint density at radius 3 is 2.75 bits per heavy atom. The van der Waals surface area contributed by atoms with E-state index in [0.29, 0.717) is 13.2 Å². The highest BCUT2D eigenvalue weighted by atomic mass is 16.5. The molecule has 1 aromatic heterocycles. The highest BCUT2D eigenvalue weighted by Crippen LogP contribution is 2.28. The summed E-state index contributed by atoms with van der Waals surface area (Å²) >= 11 is 0. The second-order valence-electron chi connectivity index (χ2n) is 4.23. The zero-order chi connectivity index (χ0) is 14.2. The smallest absolute Gasteiger partial charge is 0.124 e. The molecule has 106 valence electrons. The van der Waals surface area contributed by atoms with E-state index < -0.39 is 0 Å². The lowest BCUT2D eigenvalue weighted by atomic mass is 10.0. The van der Waals surface area contributed by atoms with Crippen molar-refractivity contribution in [3.8, 4) is 5.75 Å². The molecule has 5 heteroatoms. The predicted molar refractivity (Wildman–Crippen MR) is 76.7 cm³/mol. The average Bonchev–Trinajstić information content (AvgIpc) is 2.51. The fraction of sp³-hybridized carbons (Fsp3) is 0.333. The molecule has 0 saturated heterocycles. The van der Waals surface area contributed by atoms with Crippen LogP contribution in [0.3, 0.4) is 0 Å². The van der Waals surface area contributed by atoms with E-state index in [1.54, 1.807) is 25.7 Å². The molecule has 0 spiro atoms. The molecule has 1 aromatic carbocycles. The summed E-state index contributed by atoms with van der Waals surface area (Å²) in [5.41, 5.74) is 1.89. The van der Waals surface area contributed by atoms with E-state index in [1.165, 1.54) is 0 Å². The zero-order valence-corrected chi connectivity index (χ0v) is 11.7. The van der Waals surface area contributed by atoms with E-state index >= 15 is 0 Å². The summed E-state index contributed by atoms with van der Waals surface area (Å²) in [6.07, 6.45) is 5.11. The number of ether oxygens (including phenoxy) is 2. The van der Waals surface area contributed by atoms with Gasteiger partial charge in [-0.05, 0) is 13.1 Å². The molecular weight excluding hydrogens is 254 g/mol. The van der Waals surface area contributed by atoms with Crippen molar-refractivity contribution in [2.24, 2.45) is 0 Å². The number of rotatable bonds is 7. The molecule has 20 heavy (non-hydrogen) atoms. The molecule has 0 aliphatic heterocycles. The van der Waals surface area contributed by atoms with Crippen LogP contribution < -0.4 is 10.1 Å². The Hall–Kier alpha value is -1.98. The monoisotopic (exact) mass is 273 g/mol. The molecule has 0 aliphatic rings. The molecule has 0 aliphatic carbocycles. The van der Waals surface area contributed by atoms with Crippen LogP contribution in [0, 0.1) is 0 Å². The van der Waals surface area contributed by atoms with Gasteiger partial charge in [0.1, 0.15) is 12.4 Å². The van der Waals surface area contributed by atoms with Crippen molar-refractivity contribution in [1.29, 1.82) is 0 Å². The Morgan fingerprint density at radius 2 is 2.05 bits per heavy atom. The predicted octanol–water partition coefficient (Wildman–Crippen LogP) is 1.81. The van der Waals surface area contributed by atoms with Gasteiger partial charge < -0.3 is 14.8 Å².